The molecule has 0 saturated carbocycles. The van der Waals surface area contributed by atoms with Crippen molar-refractivity contribution in [1.29, 1.82) is 0 Å². The quantitative estimate of drug-likeness (QED) is 0.630. The molecule has 0 aromatic heterocycles. The number of benzene rings is 2. The van der Waals surface area contributed by atoms with E-state index < -0.39 is 11.7 Å². The van der Waals surface area contributed by atoms with Crippen LogP contribution >= 0.6 is 15.9 Å². The molecule has 0 bridgehead atoms. The van der Waals surface area contributed by atoms with Gasteiger partial charge in [-0.1, -0.05) is 22.0 Å². The fourth-order valence-electron chi connectivity index (χ4n) is 1.96. The second-order valence-electron chi connectivity index (χ2n) is 4.60. The molecule has 110 valence electrons. The molecule has 2 nitrogen and oxygen atoms in total. The van der Waals surface area contributed by atoms with Crippen molar-refractivity contribution in [1.82, 2.24) is 0 Å². The van der Waals surface area contributed by atoms with E-state index in [0.717, 1.165) is 12.1 Å². The van der Waals surface area contributed by atoms with Gasteiger partial charge in [-0.15, -0.1) is 0 Å². The van der Waals surface area contributed by atoms with Crippen molar-refractivity contribution in [2.24, 2.45) is 0 Å². The predicted octanol–water partition coefficient (Wildman–Crippen LogP) is 4.59. The number of aryl methyl sites for hydroxylation is 1. The van der Waals surface area contributed by atoms with E-state index in [4.69, 9.17) is 5.73 Å². The highest BCUT2D eigenvalue weighted by Crippen LogP contribution is 2.31. The molecular weight excluding hydrogens is 347 g/mol. The van der Waals surface area contributed by atoms with Gasteiger partial charge in [-0.3, -0.25) is 4.79 Å². The maximum Gasteiger partial charge on any atom is 0.416 e. The first-order chi connectivity index (χ1) is 9.70. The molecule has 6 heteroatoms. The Morgan fingerprint density at radius 3 is 2.33 bits per heavy atom. The van der Waals surface area contributed by atoms with Crippen LogP contribution in [0, 0.1) is 6.92 Å². The van der Waals surface area contributed by atoms with E-state index in [-0.39, 0.29) is 16.9 Å². The molecule has 0 atom stereocenters. The van der Waals surface area contributed by atoms with Crippen molar-refractivity contribution in [3.8, 4) is 0 Å². The fourth-order valence-corrected chi connectivity index (χ4v) is 2.38. The van der Waals surface area contributed by atoms with Gasteiger partial charge in [0.1, 0.15) is 0 Å². The van der Waals surface area contributed by atoms with Gasteiger partial charge in [0, 0.05) is 21.3 Å². The van der Waals surface area contributed by atoms with Crippen LogP contribution in [0.25, 0.3) is 0 Å². The Morgan fingerprint density at radius 2 is 1.76 bits per heavy atom. The average Bonchev–Trinajstić information content (AvgIpc) is 2.39. The summed E-state index contributed by atoms with van der Waals surface area (Å²) in [5.74, 6) is -0.375. The van der Waals surface area contributed by atoms with Crippen LogP contribution in [0.15, 0.2) is 40.9 Å². The third-order valence-electron chi connectivity index (χ3n) is 3.03. The first-order valence-electron chi connectivity index (χ1n) is 5.97. The van der Waals surface area contributed by atoms with Crippen molar-refractivity contribution >= 4 is 27.4 Å². The highest BCUT2D eigenvalue weighted by atomic mass is 79.9. The van der Waals surface area contributed by atoms with E-state index in [9.17, 15) is 18.0 Å². The maximum atomic E-state index is 12.6. The molecule has 0 amide bonds. The minimum absolute atomic E-state index is 0.217. The lowest BCUT2D eigenvalue weighted by Gasteiger charge is -2.11. The molecule has 0 unspecified atom stereocenters. The van der Waals surface area contributed by atoms with Gasteiger partial charge < -0.3 is 5.73 Å². The van der Waals surface area contributed by atoms with E-state index in [2.05, 4.69) is 15.9 Å². The molecule has 0 saturated heterocycles. The Hall–Kier alpha value is -1.82. The zero-order valence-electron chi connectivity index (χ0n) is 11.0. The van der Waals surface area contributed by atoms with E-state index >= 15 is 0 Å². The Labute approximate surface area is 127 Å². The molecule has 2 N–H and O–H groups in total. The Kier molecular flexibility index (Phi) is 4.09. The zero-order chi connectivity index (χ0) is 15.8. The van der Waals surface area contributed by atoms with Crippen molar-refractivity contribution in [2.45, 2.75) is 13.1 Å². The molecule has 2 aromatic rings. The number of carbonyl (C=O) groups excluding carboxylic acids is 1. The lowest BCUT2D eigenvalue weighted by Crippen LogP contribution is -2.09. The Balaban J connectivity index is 2.47. The number of nitrogens with two attached hydrogens (primary N) is 1. The summed E-state index contributed by atoms with van der Waals surface area (Å²) in [6.07, 6.45) is -4.43. The third kappa shape index (κ3) is 3.26. The summed E-state index contributed by atoms with van der Waals surface area (Å²) in [7, 11) is 0. The summed E-state index contributed by atoms with van der Waals surface area (Å²) in [6.45, 7) is 1.47. The number of hydrogen-bond acceptors (Lipinski definition) is 2. The van der Waals surface area contributed by atoms with Crippen molar-refractivity contribution < 1.29 is 18.0 Å². The van der Waals surface area contributed by atoms with Crippen molar-refractivity contribution in [3.05, 3.63) is 63.1 Å². The lowest BCUT2D eigenvalue weighted by atomic mass is 9.97. The smallest absolute Gasteiger partial charge is 0.399 e. The predicted molar refractivity (Wildman–Crippen MR) is 78.2 cm³/mol. The first-order valence-corrected chi connectivity index (χ1v) is 6.77. The van der Waals surface area contributed by atoms with Gasteiger partial charge in [0.15, 0.2) is 5.78 Å². The van der Waals surface area contributed by atoms with Crippen LogP contribution in [-0.2, 0) is 6.18 Å². The number of anilines is 1. The van der Waals surface area contributed by atoms with E-state index in [1.54, 1.807) is 12.1 Å². The zero-order valence-corrected chi connectivity index (χ0v) is 12.5. The van der Waals surface area contributed by atoms with Gasteiger partial charge in [-0.2, -0.15) is 13.2 Å². The minimum Gasteiger partial charge on any atom is -0.399 e. The summed E-state index contributed by atoms with van der Waals surface area (Å²) in [6, 6.07) is 7.80. The maximum absolute atomic E-state index is 12.6. The lowest BCUT2D eigenvalue weighted by molar-refractivity contribution is -0.137. The second kappa shape index (κ2) is 5.52. The molecule has 0 aliphatic heterocycles. The van der Waals surface area contributed by atoms with Gasteiger partial charge in [0.05, 0.1) is 5.56 Å². The van der Waals surface area contributed by atoms with Crippen LogP contribution in [0.3, 0.4) is 0 Å². The number of carbonyl (C=O) groups is 1. The molecule has 0 aliphatic rings. The van der Waals surface area contributed by atoms with Crippen LogP contribution in [-0.4, -0.2) is 5.78 Å². The van der Waals surface area contributed by atoms with Crippen LogP contribution < -0.4 is 5.73 Å². The monoisotopic (exact) mass is 357 g/mol. The van der Waals surface area contributed by atoms with E-state index in [1.165, 1.54) is 19.1 Å². The average molecular weight is 358 g/mol. The van der Waals surface area contributed by atoms with Gasteiger partial charge in [-0.25, -0.2) is 0 Å². The molecule has 2 rings (SSSR count). The molecule has 21 heavy (non-hydrogen) atoms. The van der Waals surface area contributed by atoms with Crippen molar-refractivity contribution in [3.63, 3.8) is 0 Å². The first kappa shape index (κ1) is 15.6. The molecule has 0 radical (unpaired) electrons. The minimum atomic E-state index is -4.43. The molecule has 0 heterocycles. The summed E-state index contributed by atoms with van der Waals surface area (Å²) in [5, 5.41) is 0. The summed E-state index contributed by atoms with van der Waals surface area (Å²) in [4.78, 5) is 12.4. The summed E-state index contributed by atoms with van der Waals surface area (Å²) >= 11 is 3.24. The molecule has 2 aromatic carbocycles. The van der Waals surface area contributed by atoms with Gasteiger partial charge in [0.2, 0.25) is 0 Å². The van der Waals surface area contributed by atoms with Crippen LogP contribution in [0.4, 0.5) is 18.9 Å². The normalized spacial score (nSPS) is 11.5. The molecular formula is C15H11BrF3NO. The number of rotatable bonds is 2. The number of nitrogen functional groups attached to an aromatic ring is 1. The number of ketones is 1. The largest absolute Gasteiger partial charge is 0.416 e. The Morgan fingerprint density at radius 1 is 1.10 bits per heavy atom. The van der Waals surface area contributed by atoms with E-state index in [1.807, 2.05) is 0 Å². The number of hydrogen-bond donors (Lipinski definition) is 1. The van der Waals surface area contributed by atoms with Gasteiger partial charge in [-0.05, 0) is 42.8 Å². The SMILES string of the molecule is Cc1cc(C(F)(F)F)ccc1C(=O)c1cc(N)ccc1Br. The Bertz CT molecular complexity index is 711. The number of alkyl halides is 3. The summed E-state index contributed by atoms with van der Waals surface area (Å²) in [5.41, 5.74) is 6.08. The molecule has 0 fully saturated rings. The molecule has 0 aliphatic carbocycles. The highest BCUT2D eigenvalue weighted by Gasteiger charge is 2.31. The highest BCUT2D eigenvalue weighted by molar-refractivity contribution is 9.10. The third-order valence-corrected chi connectivity index (χ3v) is 3.72. The second-order valence-corrected chi connectivity index (χ2v) is 5.45. The van der Waals surface area contributed by atoms with Crippen LogP contribution in [0.1, 0.15) is 27.0 Å². The molecule has 0 spiro atoms. The number of halogens is 4. The van der Waals surface area contributed by atoms with Crippen LogP contribution in [0.2, 0.25) is 0 Å². The van der Waals surface area contributed by atoms with Gasteiger partial charge in [0.25, 0.3) is 0 Å². The summed E-state index contributed by atoms with van der Waals surface area (Å²) < 4.78 is 38.4. The van der Waals surface area contributed by atoms with Crippen molar-refractivity contribution in [2.75, 3.05) is 5.73 Å². The fraction of sp³-hybridized carbons (Fsp3) is 0.133. The topological polar surface area (TPSA) is 43.1 Å². The standard InChI is InChI=1S/C15H11BrF3NO/c1-8-6-9(15(17,18)19)2-4-11(8)14(21)12-7-10(20)3-5-13(12)16/h2-7H,20H2,1H3. The van der Waals surface area contributed by atoms with Gasteiger partial charge >= 0.3 is 6.18 Å². The van der Waals surface area contributed by atoms with E-state index in [0.29, 0.717) is 15.7 Å². The van der Waals surface area contributed by atoms with Crippen LogP contribution in [0.5, 0.6) is 0 Å².